The molecule has 1 aromatic carbocycles. The lowest BCUT2D eigenvalue weighted by Crippen LogP contribution is -2.37. The Morgan fingerprint density at radius 1 is 1.03 bits per heavy atom. The molecule has 0 radical (unpaired) electrons. The summed E-state index contributed by atoms with van der Waals surface area (Å²) in [5.41, 5.74) is 1.22. The van der Waals surface area contributed by atoms with E-state index in [0.717, 1.165) is 53.2 Å². The van der Waals surface area contributed by atoms with Gasteiger partial charge in [0, 0.05) is 36.6 Å². The number of hydrogen-bond acceptors (Lipinski definition) is 9. The molecular formula is C25H38N4O5S2. The van der Waals surface area contributed by atoms with Crippen LogP contribution in [-0.2, 0) is 22.8 Å². The van der Waals surface area contributed by atoms with E-state index in [9.17, 15) is 10.1 Å². The number of hydrogen-bond donors (Lipinski definition) is 1. The molecule has 0 aliphatic rings. The van der Waals surface area contributed by atoms with E-state index in [1.807, 2.05) is 55.0 Å². The van der Waals surface area contributed by atoms with Crippen LogP contribution in [0.4, 0.5) is 0 Å². The third-order valence-corrected chi connectivity index (χ3v) is 7.14. The van der Waals surface area contributed by atoms with E-state index in [2.05, 4.69) is 17.0 Å². The van der Waals surface area contributed by atoms with Gasteiger partial charge in [-0.25, -0.2) is 0 Å². The molecule has 2 aromatic rings. The van der Waals surface area contributed by atoms with Crippen molar-refractivity contribution >= 4 is 29.4 Å². The Kier molecular flexibility index (Phi) is 14.4. The van der Waals surface area contributed by atoms with Gasteiger partial charge in [0.1, 0.15) is 23.9 Å². The summed E-state index contributed by atoms with van der Waals surface area (Å²) in [5, 5.41) is 19.1. The predicted molar refractivity (Wildman–Crippen MR) is 148 cm³/mol. The zero-order chi connectivity index (χ0) is 26.2. The predicted octanol–water partition coefficient (Wildman–Crippen LogP) is 4.48. The van der Waals surface area contributed by atoms with Crippen LogP contribution < -0.4 is 4.74 Å². The molecule has 0 unspecified atom stereocenters. The molecule has 0 saturated heterocycles. The smallest absolute Gasteiger partial charge is 0.259 e. The van der Waals surface area contributed by atoms with Crippen LogP contribution >= 0.6 is 23.5 Å². The molecule has 0 saturated carbocycles. The molecular weight excluding hydrogens is 500 g/mol. The Bertz CT molecular complexity index is 908. The molecule has 0 bridgehead atoms. The van der Waals surface area contributed by atoms with Gasteiger partial charge in [-0.1, -0.05) is 12.1 Å². The van der Waals surface area contributed by atoms with Crippen molar-refractivity contribution < 1.29 is 18.8 Å². The van der Waals surface area contributed by atoms with Gasteiger partial charge in [0.05, 0.1) is 18.9 Å². The van der Waals surface area contributed by atoms with Crippen LogP contribution in [0.25, 0.3) is 0 Å². The molecule has 0 atom stereocenters. The first kappa shape index (κ1) is 30.0. The number of amidine groups is 1. The largest absolute Gasteiger partial charge is 0.491 e. The number of ether oxygens (including phenoxy) is 2. The molecule has 1 N–H and O–H groups in total. The van der Waals surface area contributed by atoms with E-state index in [-0.39, 0.29) is 5.84 Å². The van der Waals surface area contributed by atoms with Crippen molar-refractivity contribution in [3.05, 3.63) is 63.6 Å². The van der Waals surface area contributed by atoms with Crippen LogP contribution in [0.5, 0.6) is 5.75 Å². The molecule has 9 nitrogen and oxygen atoms in total. The summed E-state index contributed by atoms with van der Waals surface area (Å²) in [6.45, 7) is 2.67. The maximum Gasteiger partial charge on any atom is 0.259 e. The first-order chi connectivity index (χ1) is 17.4. The van der Waals surface area contributed by atoms with E-state index < -0.39 is 11.5 Å². The first-order valence-electron chi connectivity index (χ1n) is 11.9. The second kappa shape index (κ2) is 17.3. The second-order valence-corrected chi connectivity index (χ2v) is 10.7. The summed E-state index contributed by atoms with van der Waals surface area (Å²) in [7, 11) is 5.65. The lowest BCUT2D eigenvalue weighted by atomic mass is 10.2. The van der Waals surface area contributed by atoms with Crippen molar-refractivity contribution in [1.82, 2.24) is 9.80 Å². The number of benzene rings is 1. The minimum Gasteiger partial charge on any atom is -0.491 e. The molecule has 0 spiro atoms. The summed E-state index contributed by atoms with van der Waals surface area (Å²) < 4.78 is 16.4. The molecule has 1 aromatic heterocycles. The average molecular weight is 539 g/mol. The molecule has 0 fully saturated rings. The molecule has 36 heavy (non-hydrogen) atoms. The molecule has 1 heterocycles. The summed E-state index contributed by atoms with van der Waals surface area (Å²) in [6, 6.07) is 12.1. The highest BCUT2D eigenvalue weighted by molar-refractivity contribution is 7.98. The Labute approximate surface area is 222 Å². The van der Waals surface area contributed by atoms with Crippen LogP contribution in [0.15, 0.2) is 40.8 Å². The first-order valence-corrected chi connectivity index (χ1v) is 14.2. The zero-order valence-corrected chi connectivity index (χ0v) is 23.1. The van der Waals surface area contributed by atoms with E-state index in [0.29, 0.717) is 26.3 Å². The highest BCUT2D eigenvalue weighted by Crippen LogP contribution is 2.19. The number of nitro groups is 1. The minimum atomic E-state index is -0.442. The quantitative estimate of drug-likeness (QED) is 0.0911. The number of nitrogens with zero attached hydrogens (tertiary/aromatic N) is 3. The van der Waals surface area contributed by atoms with Crippen molar-refractivity contribution in [2.75, 3.05) is 65.6 Å². The number of thioether (sulfide) groups is 2. The van der Waals surface area contributed by atoms with Gasteiger partial charge >= 0.3 is 0 Å². The SMILES string of the molecule is COCCOc1ccc(CSCCCN(CCSCc2ccc(CN(C)C)o2)C(=N)C[N+](=O)[O-])cc1. The molecule has 0 aliphatic heterocycles. The van der Waals surface area contributed by atoms with Crippen molar-refractivity contribution in [2.45, 2.75) is 24.5 Å². The zero-order valence-electron chi connectivity index (χ0n) is 21.4. The fraction of sp³-hybridized carbons (Fsp3) is 0.560. The summed E-state index contributed by atoms with van der Waals surface area (Å²) in [4.78, 5) is 14.4. The highest BCUT2D eigenvalue weighted by atomic mass is 32.2. The van der Waals surface area contributed by atoms with Gasteiger partial charge in [-0.2, -0.15) is 23.5 Å². The summed E-state index contributed by atoms with van der Waals surface area (Å²) in [6.07, 6.45) is 0.861. The topological polar surface area (TPSA) is 105 Å². The van der Waals surface area contributed by atoms with Crippen LogP contribution in [0, 0.1) is 15.5 Å². The van der Waals surface area contributed by atoms with E-state index in [1.165, 1.54) is 5.56 Å². The maximum absolute atomic E-state index is 10.9. The van der Waals surface area contributed by atoms with Crippen molar-refractivity contribution in [3.63, 3.8) is 0 Å². The second-order valence-electron chi connectivity index (χ2n) is 8.47. The van der Waals surface area contributed by atoms with Gasteiger partial charge < -0.3 is 23.7 Å². The monoisotopic (exact) mass is 538 g/mol. The van der Waals surface area contributed by atoms with Gasteiger partial charge in [-0.15, -0.1) is 0 Å². The minimum absolute atomic E-state index is 0.0703. The van der Waals surface area contributed by atoms with Crippen LogP contribution in [0.1, 0.15) is 23.5 Å². The third kappa shape index (κ3) is 12.7. The lowest BCUT2D eigenvalue weighted by molar-refractivity contribution is -0.464. The van der Waals surface area contributed by atoms with Gasteiger partial charge in [0.2, 0.25) is 0 Å². The standard InChI is InChI=1S/C25H38N4O5S2/c1-27(2)17-23-9-10-24(34-23)20-36-16-12-28(25(26)18-29(30)31)11-4-15-35-19-21-5-7-22(8-6-21)33-14-13-32-3/h5-10,26H,4,11-20H2,1-3H3. The lowest BCUT2D eigenvalue weighted by Gasteiger charge is -2.23. The molecule has 2 rings (SSSR count). The number of methoxy groups -OCH3 is 1. The van der Waals surface area contributed by atoms with Gasteiger partial charge in [-0.3, -0.25) is 15.5 Å². The molecule has 0 aliphatic carbocycles. The van der Waals surface area contributed by atoms with Crippen molar-refractivity contribution in [2.24, 2.45) is 0 Å². The fourth-order valence-electron chi connectivity index (χ4n) is 3.32. The van der Waals surface area contributed by atoms with Gasteiger partial charge in [-0.05, 0) is 56.1 Å². The van der Waals surface area contributed by atoms with E-state index in [4.69, 9.17) is 19.3 Å². The summed E-state index contributed by atoms with van der Waals surface area (Å²) in [5.74, 6) is 6.09. The Morgan fingerprint density at radius 2 is 1.75 bits per heavy atom. The van der Waals surface area contributed by atoms with E-state index >= 15 is 0 Å². The molecule has 200 valence electrons. The number of nitrogens with one attached hydrogen (secondary N) is 1. The van der Waals surface area contributed by atoms with Crippen LogP contribution in [0.3, 0.4) is 0 Å². The van der Waals surface area contributed by atoms with Crippen LogP contribution in [0.2, 0.25) is 0 Å². The fourth-order valence-corrected chi connectivity index (χ4v) is 5.08. The average Bonchev–Trinajstić information content (AvgIpc) is 3.27. The highest BCUT2D eigenvalue weighted by Gasteiger charge is 2.15. The van der Waals surface area contributed by atoms with E-state index in [1.54, 1.807) is 18.9 Å². The third-order valence-electron chi connectivity index (χ3n) is 5.06. The van der Waals surface area contributed by atoms with Crippen LogP contribution in [-0.4, -0.2) is 86.1 Å². The van der Waals surface area contributed by atoms with Crippen molar-refractivity contribution in [3.8, 4) is 5.75 Å². The number of rotatable bonds is 19. The Balaban J connectivity index is 1.69. The van der Waals surface area contributed by atoms with Crippen molar-refractivity contribution in [1.29, 1.82) is 5.41 Å². The molecule has 11 heteroatoms. The summed E-state index contributed by atoms with van der Waals surface area (Å²) >= 11 is 3.53. The molecule has 0 amide bonds. The maximum atomic E-state index is 10.9. The Hall–Kier alpha value is -2.21. The normalized spacial score (nSPS) is 11.1. The number of furan rings is 1. The van der Waals surface area contributed by atoms with Gasteiger partial charge in [0.25, 0.3) is 6.54 Å². The Morgan fingerprint density at radius 3 is 2.44 bits per heavy atom. The van der Waals surface area contributed by atoms with Gasteiger partial charge in [0.15, 0.2) is 5.84 Å².